The lowest BCUT2D eigenvalue weighted by Crippen LogP contribution is -2.11. The Hall–Kier alpha value is -1.75. The van der Waals surface area contributed by atoms with E-state index in [-0.39, 0.29) is 5.56 Å². The number of hydrogen-bond donors (Lipinski definition) is 2. The highest BCUT2D eigenvalue weighted by Gasteiger charge is 2.04. The van der Waals surface area contributed by atoms with Crippen molar-refractivity contribution in [1.29, 1.82) is 0 Å². The van der Waals surface area contributed by atoms with Crippen LogP contribution in [0.2, 0.25) is 0 Å². The Kier molecular flexibility index (Phi) is 1.79. The van der Waals surface area contributed by atoms with E-state index in [1.54, 1.807) is 12.3 Å². The molecule has 0 amide bonds. The minimum Gasteiger partial charge on any atom is -0.326 e. The highest BCUT2D eigenvalue weighted by atomic mass is 16.1. The van der Waals surface area contributed by atoms with Crippen molar-refractivity contribution >= 4 is 11.0 Å². The topological polar surface area (TPSA) is 84.7 Å². The number of fused-ring (bicyclic) bond motifs is 1. The van der Waals surface area contributed by atoms with Crippen molar-refractivity contribution in [2.24, 2.45) is 5.73 Å². The van der Waals surface area contributed by atoms with Crippen molar-refractivity contribution in [1.82, 2.24) is 15.0 Å². The molecule has 5 heteroatoms. The fourth-order valence-corrected chi connectivity index (χ4v) is 1.23. The summed E-state index contributed by atoms with van der Waals surface area (Å²) in [7, 11) is 0. The van der Waals surface area contributed by atoms with Gasteiger partial charge in [0.05, 0.1) is 11.7 Å². The molecule has 13 heavy (non-hydrogen) atoms. The molecule has 5 nitrogen and oxygen atoms in total. The van der Waals surface area contributed by atoms with E-state index in [2.05, 4.69) is 15.0 Å². The molecule has 0 saturated heterocycles. The Morgan fingerprint density at radius 1 is 1.46 bits per heavy atom. The lowest BCUT2D eigenvalue weighted by molar-refractivity contribution is 1.06. The maximum Gasteiger partial charge on any atom is 0.260 e. The molecule has 0 unspecified atom stereocenters. The SMILES string of the molecule is NCc1ccnc2nc[nH]c(=O)c12. The van der Waals surface area contributed by atoms with Crippen molar-refractivity contribution in [3.05, 3.63) is 34.5 Å². The minimum absolute atomic E-state index is 0.196. The lowest BCUT2D eigenvalue weighted by atomic mass is 10.2. The van der Waals surface area contributed by atoms with Gasteiger partial charge in [-0.25, -0.2) is 9.97 Å². The van der Waals surface area contributed by atoms with E-state index in [9.17, 15) is 4.79 Å². The number of nitrogens with zero attached hydrogens (tertiary/aromatic N) is 2. The number of H-pyrrole nitrogens is 1. The van der Waals surface area contributed by atoms with Gasteiger partial charge in [-0.1, -0.05) is 0 Å². The maximum atomic E-state index is 11.4. The van der Waals surface area contributed by atoms with Crippen molar-refractivity contribution in [2.45, 2.75) is 6.54 Å². The second kappa shape index (κ2) is 2.95. The summed E-state index contributed by atoms with van der Waals surface area (Å²) in [6.07, 6.45) is 2.93. The van der Waals surface area contributed by atoms with Crippen LogP contribution in [0.4, 0.5) is 0 Å². The van der Waals surface area contributed by atoms with Gasteiger partial charge in [0.15, 0.2) is 5.65 Å². The smallest absolute Gasteiger partial charge is 0.260 e. The summed E-state index contributed by atoms with van der Waals surface area (Å²) >= 11 is 0. The molecule has 0 aliphatic carbocycles. The summed E-state index contributed by atoms with van der Waals surface area (Å²) in [5.74, 6) is 0. The van der Waals surface area contributed by atoms with E-state index in [0.717, 1.165) is 5.56 Å². The molecule has 0 saturated carbocycles. The Labute approximate surface area is 73.6 Å². The molecule has 2 heterocycles. The highest BCUT2D eigenvalue weighted by Crippen LogP contribution is 2.07. The molecule has 66 valence electrons. The predicted octanol–water partition coefficient (Wildman–Crippen LogP) is -0.223. The zero-order valence-electron chi connectivity index (χ0n) is 6.82. The number of rotatable bonds is 1. The Morgan fingerprint density at radius 2 is 2.31 bits per heavy atom. The first-order valence-corrected chi connectivity index (χ1v) is 3.84. The third-order valence-corrected chi connectivity index (χ3v) is 1.85. The van der Waals surface area contributed by atoms with Crippen molar-refractivity contribution in [2.75, 3.05) is 0 Å². The second-order valence-corrected chi connectivity index (χ2v) is 2.60. The molecule has 0 aromatic carbocycles. The van der Waals surface area contributed by atoms with Crippen LogP contribution in [0.1, 0.15) is 5.56 Å². The number of nitrogens with two attached hydrogens (primary N) is 1. The number of aromatic nitrogens is 3. The molecule has 0 fully saturated rings. The number of aromatic amines is 1. The van der Waals surface area contributed by atoms with Gasteiger partial charge in [-0.2, -0.15) is 0 Å². The van der Waals surface area contributed by atoms with Gasteiger partial charge >= 0.3 is 0 Å². The third kappa shape index (κ3) is 1.19. The summed E-state index contributed by atoms with van der Waals surface area (Å²) in [4.78, 5) is 21.7. The predicted molar refractivity (Wildman–Crippen MR) is 48.1 cm³/mol. The van der Waals surface area contributed by atoms with Gasteiger partial charge < -0.3 is 10.7 Å². The summed E-state index contributed by atoms with van der Waals surface area (Å²) in [5, 5.41) is 0.479. The summed E-state index contributed by atoms with van der Waals surface area (Å²) in [5.41, 5.74) is 6.48. The Bertz CT molecular complexity index is 485. The lowest BCUT2D eigenvalue weighted by Gasteiger charge is -1.99. The van der Waals surface area contributed by atoms with Crippen LogP contribution in [-0.2, 0) is 6.54 Å². The first-order valence-electron chi connectivity index (χ1n) is 3.84. The molecule has 0 aliphatic rings. The van der Waals surface area contributed by atoms with Gasteiger partial charge in [0.2, 0.25) is 0 Å². The molecule has 2 aromatic heterocycles. The van der Waals surface area contributed by atoms with E-state index < -0.39 is 0 Å². The quantitative estimate of drug-likeness (QED) is 0.628. The van der Waals surface area contributed by atoms with Crippen molar-refractivity contribution in [3.63, 3.8) is 0 Å². The monoisotopic (exact) mass is 176 g/mol. The number of nitrogens with one attached hydrogen (secondary N) is 1. The standard InChI is InChI=1S/C8H8N4O/c9-3-5-1-2-10-7-6(5)8(13)12-4-11-7/h1-2,4H,3,9H2,(H,10,11,12,13). The average Bonchev–Trinajstić information content (AvgIpc) is 2.17. The maximum absolute atomic E-state index is 11.4. The van der Waals surface area contributed by atoms with E-state index in [4.69, 9.17) is 5.73 Å². The molecule has 0 radical (unpaired) electrons. The first-order chi connectivity index (χ1) is 6.33. The van der Waals surface area contributed by atoms with Crippen LogP contribution in [0, 0.1) is 0 Å². The molecule has 0 atom stereocenters. The molecule has 0 spiro atoms. The fourth-order valence-electron chi connectivity index (χ4n) is 1.23. The fraction of sp³-hybridized carbons (Fsp3) is 0.125. The van der Waals surface area contributed by atoms with E-state index in [0.29, 0.717) is 17.6 Å². The third-order valence-electron chi connectivity index (χ3n) is 1.85. The summed E-state index contributed by atoms with van der Waals surface area (Å²) in [6, 6.07) is 1.72. The van der Waals surface area contributed by atoms with Crippen LogP contribution in [0.15, 0.2) is 23.4 Å². The number of hydrogen-bond acceptors (Lipinski definition) is 4. The van der Waals surface area contributed by atoms with Crippen LogP contribution < -0.4 is 11.3 Å². The van der Waals surface area contributed by atoms with Gasteiger partial charge in [-0.15, -0.1) is 0 Å². The Morgan fingerprint density at radius 3 is 3.08 bits per heavy atom. The normalized spacial score (nSPS) is 10.5. The first kappa shape index (κ1) is 7.88. The minimum atomic E-state index is -0.196. The average molecular weight is 176 g/mol. The molecule has 3 N–H and O–H groups in total. The van der Waals surface area contributed by atoms with Gasteiger partial charge in [-0.05, 0) is 11.6 Å². The highest BCUT2D eigenvalue weighted by molar-refractivity contribution is 5.76. The molecule has 0 aliphatic heterocycles. The van der Waals surface area contributed by atoms with E-state index >= 15 is 0 Å². The summed E-state index contributed by atoms with van der Waals surface area (Å²) < 4.78 is 0. The van der Waals surface area contributed by atoms with Gasteiger partial charge in [0.25, 0.3) is 5.56 Å². The molecule has 2 aromatic rings. The zero-order chi connectivity index (χ0) is 9.26. The molecular weight excluding hydrogens is 168 g/mol. The van der Waals surface area contributed by atoms with E-state index in [1.165, 1.54) is 6.33 Å². The Balaban J connectivity index is 2.95. The van der Waals surface area contributed by atoms with Crippen LogP contribution in [0.5, 0.6) is 0 Å². The van der Waals surface area contributed by atoms with Crippen LogP contribution in [-0.4, -0.2) is 15.0 Å². The number of pyridine rings is 1. The van der Waals surface area contributed by atoms with Crippen molar-refractivity contribution < 1.29 is 0 Å². The van der Waals surface area contributed by atoms with E-state index in [1.807, 2.05) is 0 Å². The van der Waals surface area contributed by atoms with Gasteiger partial charge in [-0.3, -0.25) is 4.79 Å². The van der Waals surface area contributed by atoms with Gasteiger partial charge in [0, 0.05) is 12.7 Å². The van der Waals surface area contributed by atoms with Crippen LogP contribution >= 0.6 is 0 Å². The van der Waals surface area contributed by atoms with Crippen LogP contribution in [0.3, 0.4) is 0 Å². The largest absolute Gasteiger partial charge is 0.326 e. The molecular formula is C8H8N4O. The molecule has 2 rings (SSSR count). The summed E-state index contributed by atoms with van der Waals surface area (Å²) in [6.45, 7) is 0.313. The van der Waals surface area contributed by atoms with Gasteiger partial charge in [0.1, 0.15) is 0 Å². The van der Waals surface area contributed by atoms with Crippen molar-refractivity contribution in [3.8, 4) is 0 Å². The molecule has 0 bridgehead atoms. The second-order valence-electron chi connectivity index (χ2n) is 2.60. The van der Waals surface area contributed by atoms with Crippen LogP contribution in [0.25, 0.3) is 11.0 Å². The zero-order valence-corrected chi connectivity index (χ0v) is 6.82.